The van der Waals surface area contributed by atoms with Crippen molar-refractivity contribution in [2.24, 2.45) is 4.99 Å². The predicted molar refractivity (Wildman–Crippen MR) is 117 cm³/mol. The van der Waals surface area contributed by atoms with Gasteiger partial charge in [0, 0.05) is 54.5 Å². The van der Waals surface area contributed by atoms with E-state index in [1.807, 2.05) is 30.3 Å². The zero-order valence-corrected chi connectivity index (χ0v) is 17.8. The summed E-state index contributed by atoms with van der Waals surface area (Å²) in [5.74, 6) is 2.08. The highest BCUT2D eigenvalue weighted by molar-refractivity contribution is 7.84. The van der Waals surface area contributed by atoms with E-state index in [0.717, 1.165) is 37.6 Å². The number of rotatable bonds is 10. The first-order chi connectivity index (χ1) is 13.2. The summed E-state index contributed by atoms with van der Waals surface area (Å²) in [5, 5.41) is 6.60. The van der Waals surface area contributed by atoms with Crippen molar-refractivity contribution in [3.8, 4) is 0 Å². The van der Waals surface area contributed by atoms with Crippen molar-refractivity contribution in [2.45, 2.75) is 51.3 Å². The molecule has 2 rings (SSSR count). The molecule has 0 spiro atoms. The minimum Gasteiger partial charge on any atom is -0.357 e. The number of hydrogen-bond donors (Lipinski definition) is 2. The van der Waals surface area contributed by atoms with Crippen LogP contribution in [-0.4, -0.2) is 59.6 Å². The number of hydrogen-bond acceptors (Lipinski definition) is 3. The van der Waals surface area contributed by atoms with Gasteiger partial charge >= 0.3 is 0 Å². The van der Waals surface area contributed by atoms with Crippen LogP contribution in [0, 0.1) is 0 Å². The molecule has 6 heteroatoms. The van der Waals surface area contributed by atoms with E-state index in [4.69, 9.17) is 0 Å². The summed E-state index contributed by atoms with van der Waals surface area (Å²) in [6, 6.07) is 10.7. The fraction of sp³-hybridized carbons (Fsp3) is 0.667. The maximum absolute atomic E-state index is 12.2. The Morgan fingerprint density at radius 2 is 2.07 bits per heavy atom. The molecule has 0 saturated carbocycles. The van der Waals surface area contributed by atoms with Crippen LogP contribution in [0.4, 0.5) is 0 Å². The van der Waals surface area contributed by atoms with Gasteiger partial charge in [-0.2, -0.15) is 0 Å². The van der Waals surface area contributed by atoms with Gasteiger partial charge in [-0.1, -0.05) is 36.8 Å². The van der Waals surface area contributed by atoms with Crippen molar-refractivity contribution in [1.29, 1.82) is 0 Å². The number of nitrogens with one attached hydrogen (secondary N) is 2. The Morgan fingerprint density at radius 1 is 1.26 bits per heavy atom. The van der Waals surface area contributed by atoms with Gasteiger partial charge in [0.1, 0.15) is 0 Å². The Labute approximate surface area is 167 Å². The number of guanidine groups is 1. The van der Waals surface area contributed by atoms with Gasteiger partial charge in [0.25, 0.3) is 0 Å². The summed E-state index contributed by atoms with van der Waals surface area (Å²) >= 11 is 0. The zero-order valence-electron chi connectivity index (χ0n) is 17.0. The minimum absolute atomic E-state index is 0.615. The summed E-state index contributed by atoms with van der Waals surface area (Å²) in [6.07, 6.45) is 5.11. The maximum atomic E-state index is 12.2. The van der Waals surface area contributed by atoms with Crippen molar-refractivity contribution in [1.82, 2.24) is 15.5 Å². The zero-order chi connectivity index (χ0) is 19.3. The molecule has 1 heterocycles. The van der Waals surface area contributed by atoms with Crippen molar-refractivity contribution in [2.75, 3.05) is 38.5 Å². The van der Waals surface area contributed by atoms with Crippen LogP contribution in [0.15, 0.2) is 35.3 Å². The van der Waals surface area contributed by atoms with Crippen LogP contribution in [0.25, 0.3) is 0 Å². The Morgan fingerprint density at radius 3 is 2.81 bits per heavy atom. The average Bonchev–Trinajstić information content (AvgIpc) is 2.67. The molecule has 2 unspecified atom stereocenters. The summed E-state index contributed by atoms with van der Waals surface area (Å²) in [6.45, 7) is 9.10. The quantitative estimate of drug-likeness (QED) is 0.365. The van der Waals surface area contributed by atoms with Gasteiger partial charge in [-0.25, -0.2) is 0 Å². The molecule has 1 aliphatic heterocycles. The van der Waals surface area contributed by atoms with Gasteiger partial charge in [-0.3, -0.25) is 9.20 Å². The smallest absolute Gasteiger partial charge is 0.191 e. The van der Waals surface area contributed by atoms with Gasteiger partial charge < -0.3 is 15.5 Å². The molecule has 1 saturated heterocycles. The third-order valence-electron chi connectivity index (χ3n) is 4.95. The maximum Gasteiger partial charge on any atom is 0.191 e. The normalized spacial score (nSPS) is 19.6. The van der Waals surface area contributed by atoms with E-state index < -0.39 is 10.8 Å². The Balaban J connectivity index is 1.66. The minimum atomic E-state index is -0.858. The van der Waals surface area contributed by atoms with Gasteiger partial charge in [-0.05, 0) is 45.2 Å². The lowest BCUT2D eigenvalue weighted by Gasteiger charge is -2.33. The molecule has 0 aliphatic carbocycles. The standard InChI is InChI=1S/C21H36N4OS/c1-3-22-21(23-13-9-16-25-15-8-7-10-19(25)2)24-14-17-27(26)18-20-11-5-4-6-12-20/h4-6,11-12,19H,3,7-10,13-18H2,1-2H3,(H2,22,23,24). The Kier molecular flexibility index (Phi) is 10.5. The van der Waals surface area contributed by atoms with Crippen LogP contribution in [0.1, 0.15) is 45.1 Å². The number of nitrogens with zero attached hydrogens (tertiary/aromatic N) is 2. The van der Waals surface area contributed by atoms with Crippen molar-refractivity contribution in [3.05, 3.63) is 35.9 Å². The summed E-state index contributed by atoms with van der Waals surface area (Å²) < 4.78 is 12.2. The predicted octanol–water partition coefficient (Wildman–Crippen LogP) is 2.75. The molecule has 1 fully saturated rings. The molecule has 0 amide bonds. The number of benzene rings is 1. The van der Waals surface area contributed by atoms with Crippen molar-refractivity contribution < 1.29 is 4.21 Å². The van der Waals surface area contributed by atoms with Crippen LogP contribution in [0.2, 0.25) is 0 Å². The molecule has 1 aromatic rings. The summed E-state index contributed by atoms with van der Waals surface area (Å²) in [4.78, 5) is 7.26. The van der Waals surface area contributed by atoms with E-state index in [0.29, 0.717) is 24.1 Å². The largest absolute Gasteiger partial charge is 0.357 e. The average molecular weight is 393 g/mol. The van der Waals surface area contributed by atoms with E-state index in [-0.39, 0.29) is 0 Å². The first-order valence-corrected chi connectivity index (χ1v) is 11.8. The molecule has 0 radical (unpaired) electrons. The molecule has 2 N–H and O–H groups in total. The molecule has 5 nitrogen and oxygen atoms in total. The topological polar surface area (TPSA) is 56.7 Å². The lowest BCUT2D eigenvalue weighted by molar-refractivity contribution is 0.160. The highest BCUT2D eigenvalue weighted by atomic mass is 32.2. The third kappa shape index (κ3) is 8.89. The van der Waals surface area contributed by atoms with Gasteiger partial charge in [-0.15, -0.1) is 0 Å². The molecule has 2 atom stereocenters. The number of aliphatic imine (C=N–C) groups is 1. The SMILES string of the molecule is CCNC(=NCCCN1CCCCC1C)NCCS(=O)Cc1ccccc1. The van der Waals surface area contributed by atoms with Gasteiger partial charge in [0.05, 0.1) is 0 Å². The van der Waals surface area contributed by atoms with E-state index in [1.165, 1.54) is 25.8 Å². The highest BCUT2D eigenvalue weighted by Gasteiger charge is 2.16. The summed E-state index contributed by atoms with van der Waals surface area (Å²) in [7, 11) is -0.858. The summed E-state index contributed by atoms with van der Waals surface area (Å²) in [5.41, 5.74) is 1.13. The molecule has 152 valence electrons. The van der Waals surface area contributed by atoms with Crippen LogP contribution in [0.5, 0.6) is 0 Å². The lowest BCUT2D eigenvalue weighted by Crippen LogP contribution is -2.40. The van der Waals surface area contributed by atoms with Crippen molar-refractivity contribution in [3.63, 3.8) is 0 Å². The molecule has 0 aromatic heterocycles. The molecule has 1 aromatic carbocycles. The van der Waals surface area contributed by atoms with E-state index in [2.05, 4.69) is 34.4 Å². The highest BCUT2D eigenvalue weighted by Crippen LogP contribution is 2.16. The van der Waals surface area contributed by atoms with Crippen LogP contribution < -0.4 is 10.6 Å². The van der Waals surface area contributed by atoms with E-state index >= 15 is 0 Å². The van der Waals surface area contributed by atoms with Crippen LogP contribution >= 0.6 is 0 Å². The first-order valence-electron chi connectivity index (χ1n) is 10.3. The van der Waals surface area contributed by atoms with Crippen molar-refractivity contribution >= 4 is 16.8 Å². The molecular formula is C21H36N4OS. The molecule has 27 heavy (non-hydrogen) atoms. The Hall–Kier alpha value is -1.40. The fourth-order valence-electron chi connectivity index (χ4n) is 3.41. The van der Waals surface area contributed by atoms with Gasteiger partial charge in [0.2, 0.25) is 0 Å². The van der Waals surface area contributed by atoms with E-state index in [1.54, 1.807) is 0 Å². The fourth-order valence-corrected chi connectivity index (χ4v) is 4.45. The third-order valence-corrected chi connectivity index (χ3v) is 6.27. The van der Waals surface area contributed by atoms with Crippen LogP contribution in [-0.2, 0) is 16.6 Å². The first kappa shape index (κ1) is 21.9. The second kappa shape index (κ2) is 12.9. The lowest BCUT2D eigenvalue weighted by atomic mass is 10.0. The molecule has 1 aliphatic rings. The number of piperidine rings is 1. The second-order valence-electron chi connectivity index (χ2n) is 7.20. The van der Waals surface area contributed by atoms with Crippen LogP contribution in [0.3, 0.4) is 0 Å². The van der Waals surface area contributed by atoms with Gasteiger partial charge in [0.15, 0.2) is 5.96 Å². The molecule has 0 bridgehead atoms. The second-order valence-corrected chi connectivity index (χ2v) is 8.77. The van der Waals surface area contributed by atoms with E-state index in [9.17, 15) is 4.21 Å². The Bertz CT molecular complexity index is 579. The monoisotopic (exact) mass is 392 g/mol. The number of likely N-dealkylation sites (tertiary alicyclic amines) is 1. The molecular weight excluding hydrogens is 356 g/mol.